The van der Waals surface area contributed by atoms with Crippen LogP contribution in [-0.4, -0.2) is 42.0 Å². The lowest BCUT2D eigenvalue weighted by atomic mass is 9.72. The number of aryl methyl sites for hydroxylation is 2. The molecule has 2 amide bonds. The molecule has 7 nitrogen and oxygen atoms in total. The zero-order valence-electron chi connectivity index (χ0n) is 20.2. The van der Waals surface area contributed by atoms with Gasteiger partial charge in [0, 0.05) is 28.7 Å². The summed E-state index contributed by atoms with van der Waals surface area (Å²) in [6, 6.07) is 8.95. The van der Waals surface area contributed by atoms with Gasteiger partial charge < -0.3 is 15.0 Å². The SMILES string of the molecule is Cc1cc(C)cc(C(=O)N(CC(C)(C)C)NC(=O)c2ccc3c(c2C)OCC=CNB3O)c1. The minimum absolute atomic E-state index is 0.242. The normalized spacial score (nSPS) is 13.2. The van der Waals surface area contributed by atoms with Crippen molar-refractivity contribution in [2.45, 2.75) is 41.5 Å². The first-order chi connectivity index (χ1) is 15.5. The first kappa shape index (κ1) is 24.4. The standard InChI is InChI=1S/C25H32BN3O4/c1-16-12-17(2)14-19(13-16)24(31)29(15-25(4,5)6)28-23(30)20-8-9-21-22(18(20)3)33-11-7-10-27-26(21)32/h7-10,12-14,27,32H,11,15H2,1-6H3,(H,28,30). The number of nitrogens with zero attached hydrogens (tertiary/aromatic N) is 1. The Morgan fingerprint density at radius 1 is 1.15 bits per heavy atom. The van der Waals surface area contributed by atoms with E-state index < -0.39 is 13.0 Å². The van der Waals surface area contributed by atoms with Crippen LogP contribution in [0.15, 0.2) is 42.6 Å². The molecule has 1 aliphatic rings. The van der Waals surface area contributed by atoms with Crippen molar-refractivity contribution in [3.8, 4) is 5.75 Å². The van der Waals surface area contributed by atoms with Gasteiger partial charge in [-0.15, -0.1) is 0 Å². The highest BCUT2D eigenvalue weighted by Crippen LogP contribution is 2.22. The van der Waals surface area contributed by atoms with Gasteiger partial charge in [-0.05, 0) is 56.7 Å². The molecule has 174 valence electrons. The first-order valence-corrected chi connectivity index (χ1v) is 11.0. The monoisotopic (exact) mass is 449 g/mol. The number of fused-ring (bicyclic) bond motifs is 1. The lowest BCUT2D eigenvalue weighted by Gasteiger charge is -2.30. The second kappa shape index (κ2) is 9.71. The van der Waals surface area contributed by atoms with E-state index in [2.05, 4.69) is 10.7 Å². The van der Waals surface area contributed by atoms with Crippen LogP contribution in [0.4, 0.5) is 0 Å². The van der Waals surface area contributed by atoms with E-state index in [1.807, 2.05) is 52.8 Å². The lowest BCUT2D eigenvalue weighted by molar-refractivity contribution is 0.0509. The molecule has 0 spiro atoms. The lowest BCUT2D eigenvalue weighted by Crippen LogP contribution is -2.50. The molecular formula is C25H32BN3O4. The van der Waals surface area contributed by atoms with Gasteiger partial charge in [-0.25, -0.2) is 5.01 Å². The van der Waals surface area contributed by atoms with Crippen LogP contribution >= 0.6 is 0 Å². The minimum atomic E-state index is -0.948. The van der Waals surface area contributed by atoms with E-state index >= 15 is 0 Å². The van der Waals surface area contributed by atoms with Crippen LogP contribution < -0.4 is 20.9 Å². The molecule has 0 fully saturated rings. The van der Waals surface area contributed by atoms with Crippen molar-refractivity contribution in [2.24, 2.45) is 5.41 Å². The molecule has 3 rings (SSSR count). The summed E-state index contributed by atoms with van der Waals surface area (Å²) in [5.41, 5.74) is 6.57. The summed E-state index contributed by atoms with van der Waals surface area (Å²) in [5, 5.41) is 14.6. The number of nitrogens with one attached hydrogen (secondary N) is 2. The van der Waals surface area contributed by atoms with Gasteiger partial charge in [0.15, 0.2) is 0 Å². The average molecular weight is 449 g/mol. The Morgan fingerprint density at radius 2 is 1.82 bits per heavy atom. The van der Waals surface area contributed by atoms with Gasteiger partial charge in [0.2, 0.25) is 0 Å². The van der Waals surface area contributed by atoms with Crippen LogP contribution in [0.5, 0.6) is 5.75 Å². The third kappa shape index (κ3) is 5.96. The first-order valence-electron chi connectivity index (χ1n) is 11.0. The van der Waals surface area contributed by atoms with E-state index in [0.29, 0.717) is 41.1 Å². The fourth-order valence-corrected chi connectivity index (χ4v) is 3.87. The number of carbonyl (C=O) groups is 2. The molecule has 0 radical (unpaired) electrons. The van der Waals surface area contributed by atoms with Crippen LogP contribution in [0.3, 0.4) is 0 Å². The van der Waals surface area contributed by atoms with Crippen LogP contribution in [0, 0.1) is 26.2 Å². The Hall–Kier alpha value is -3.26. The molecule has 2 aromatic carbocycles. The van der Waals surface area contributed by atoms with Crippen molar-refractivity contribution in [3.05, 3.63) is 70.4 Å². The fourth-order valence-electron chi connectivity index (χ4n) is 3.87. The predicted octanol–water partition coefficient (Wildman–Crippen LogP) is 2.63. The molecule has 2 aromatic rings. The number of hydrogen-bond donors (Lipinski definition) is 3. The number of benzene rings is 2. The summed E-state index contributed by atoms with van der Waals surface area (Å²) in [6.07, 6.45) is 3.37. The maximum Gasteiger partial charge on any atom is 0.449 e. The van der Waals surface area contributed by atoms with E-state index in [4.69, 9.17) is 4.74 Å². The Morgan fingerprint density at radius 3 is 2.45 bits per heavy atom. The summed E-state index contributed by atoms with van der Waals surface area (Å²) in [7, 11) is -0.948. The van der Waals surface area contributed by atoms with E-state index in [1.54, 1.807) is 31.3 Å². The molecular weight excluding hydrogens is 417 g/mol. The molecule has 33 heavy (non-hydrogen) atoms. The fraction of sp³-hybridized carbons (Fsp3) is 0.360. The maximum atomic E-state index is 13.4. The number of ether oxygens (including phenoxy) is 1. The number of amides is 2. The molecule has 8 heteroatoms. The number of hydrogen-bond acceptors (Lipinski definition) is 5. The highest BCUT2D eigenvalue weighted by molar-refractivity contribution is 6.65. The van der Waals surface area contributed by atoms with Crippen LogP contribution in [0.25, 0.3) is 0 Å². The largest absolute Gasteiger partial charge is 0.490 e. The molecule has 0 saturated heterocycles. The Labute approximate surface area is 195 Å². The number of carbonyl (C=O) groups excluding carboxylic acids is 2. The van der Waals surface area contributed by atoms with E-state index in [-0.39, 0.29) is 11.3 Å². The third-order valence-corrected chi connectivity index (χ3v) is 5.25. The van der Waals surface area contributed by atoms with Crippen LogP contribution in [0.2, 0.25) is 0 Å². The third-order valence-electron chi connectivity index (χ3n) is 5.25. The quantitative estimate of drug-likeness (QED) is 0.495. The Bertz CT molecular complexity index is 1070. The van der Waals surface area contributed by atoms with Crippen molar-refractivity contribution in [2.75, 3.05) is 13.2 Å². The van der Waals surface area contributed by atoms with Crippen molar-refractivity contribution >= 4 is 24.3 Å². The van der Waals surface area contributed by atoms with Gasteiger partial charge in [0.25, 0.3) is 11.8 Å². The molecule has 0 unspecified atom stereocenters. The van der Waals surface area contributed by atoms with Crippen LogP contribution in [0.1, 0.15) is 58.2 Å². The Kier molecular flexibility index (Phi) is 7.17. The molecule has 0 atom stereocenters. The summed E-state index contributed by atoms with van der Waals surface area (Å²) in [5.74, 6) is -0.231. The molecule has 0 aliphatic carbocycles. The molecule has 0 saturated carbocycles. The highest BCUT2D eigenvalue weighted by atomic mass is 16.5. The van der Waals surface area contributed by atoms with E-state index in [1.165, 1.54) is 5.01 Å². The van der Waals surface area contributed by atoms with Crippen LogP contribution in [-0.2, 0) is 0 Å². The zero-order chi connectivity index (χ0) is 24.3. The van der Waals surface area contributed by atoms with E-state index in [0.717, 1.165) is 11.1 Å². The smallest absolute Gasteiger partial charge is 0.449 e. The number of rotatable bonds is 3. The zero-order valence-corrected chi connectivity index (χ0v) is 20.2. The van der Waals surface area contributed by atoms with Gasteiger partial charge in [0.05, 0.1) is 0 Å². The topological polar surface area (TPSA) is 90.9 Å². The summed E-state index contributed by atoms with van der Waals surface area (Å²) < 4.78 is 5.80. The van der Waals surface area contributed by atoms with Crippen molar-refractivity contribution < 1.29 is 19.3 Å². The summed E-state index contributed by atoms with van der Waals surface area (Å²) >= 11 is 0. The van der Waals surface area contributed by atoms with Gasteiger partial charge in [-0.2, -0.15) is 0 Å². The molecule has 0 aromatic heterocycles. The molecule has 1 aliphatic heterocycles. The molecule has 3 N–H and O–H groups in total. The Balaban J connectivity index is 1.93. The highest BCUT2D eigenvalue weighted by Gasteiger charge is 2.28. The average Bonchev–Trinajstić information content (AvgIpc) is 2.69. The van der Waals surface area contributed by atoms with Crippen molar-refractivity contribution in [1.82, 2.24) is 15.7 Å². The predicted molar refractivity (Wildman–Crippen MR) is 130 cm³/mol. The van der Waals surface area contributed by atoms with Gasteiger partial charge in [0.1, 0.15) is 12.4 Å². The molecule has 0 bridgehead atoms. The van der Waals surface area contributed by atoms with Crippen molar-refractivity contribution in [1.29, 1.82) is 0 Å². The maximum absolute atomic E-state index is 13.4. The van der Waals surface area contributed by atoms with Gasteiger partial charge >= 0.3 is 7.05 Å². The summed E-state index contributed by atoms with van der Waals surface area (Å²) in [4.78, 5) is 26.7. The second-order valence-electron chi connectivity index (χ2n) is 9.71. The second-order valence-corrected chi connectivity index (χ2v) is 9.71. The molecule has 1 heterocycles. The van der Waals surface area contributed by atoms with Crippen molar-refractivity contribution in [3.63, 3.8) is 0 Å². The van der Waals surface area contributed by atoms with Gasteiger partial charge in [-0.3, -0.25) is 15.0 Å². The number of hydrazine groups is 1. The minimum Gasteiger partial charge on any atom is -0.490 e. The van der Waals surface area contributed by atoms with Gasteiger partial charge in [-0.1, -0.05) is 44.0 Å². The van der Waals surface area contributed by atoms with E-state index in [9.17, 15) is 14.6 Å². The summed E-state index contributed by atoms with van der Waals surface area (Å²) in [6.45, 7) is 12.3.